The van der Waals surface area contributed by atoms with E-state index < -0.39 is 5.97 Å². The lowest BCUT2D eigenvalue weighted by Crippen LogP contribution is -2.35. The van der Waals surface area contributed by atoms with Crippen molar-refractivity contribution in [3.8, 4) is 0 Å². The SMILES string of the molecule is C=C(C)CN(CC)C(=O)COC(=O)c1cccnc1SCC(=O)N(CC)CC(=C)C. The molecule has 0 bridgehead atoms. The first kappa shape index (κ1) is 25.4. The monoisotopic (exact) mass is 433 g/mol. The van der Waals surface area contributed by atoms with Gasteiger partial charge in [0.2, 0.25) is 5.91 Å². The predicted octanol–water partition coefficient (Wildman–Crippen LogP) is 3.18. The quantitative estimate of drug-likeness (QED) is 0.286. The maximum Gasteiger partial charge on any atom is 0.341 e. The Kier molecular flexibility index (Phi) is 10.9. The van der Waals surface area contributed by atoms with E-state index in [9.17, 15) is 14.4 Å². The Balaban J connectivity index is 2.74. The number of esters is 1. The Bertz CT molecular complexity index is 794. The zero-order valence-electron chi connectivity index (χ0n) is 18.3. The van der Waals surface area contributed by atoms with Crippen LogP contribution in [0, 0.1) is 0 Å². The van der Waals surface area contributed by atoms with Crippen molar-refractivity contribution in [1.82, 2.24) is 14.8 Å². The molecule has 0 radical (unpaired) electrons. The normalized spacial score (nSPS) is 10.3. The van der Waals surface area contributed by atoms with Gasteiger partial charge in [0.15, 0.2) is 6.61 Å². The third kappa shape index (κ3) is 8.41. The van der Waals surface area contributed by atoms with Crippen molar-refractivity contribution in [3.05, 3.63) is 48.2 Å². The van der Waals surface area contributed by atoms with Crippen LogP contribution in [0.3, 0.4) is 0 Å². The van der Waals surface area contributed by atoms with Gasteiger partial charge in [-0.2, -0.15) is 0 Å². The van der Waals surface area contributed by atoms with E-state index in [-0.39, 0.29) is 29.7 Å². The lowest BCUT2D eigenvalue weighted by atomic mass is 10.3. The lowest BCUT2D eigenvalue weighted by molar-refractivity contribution is -0.134. The molecule has 0 unspecified atom stereocenters. The first-order chi connectivity index (χ1) is 14.2. The van der Waals surface area contributed by atoms with Gasteiger partial charge in [-0.1, -0.05) is 36.1 Å². The highest BCUT2D eigenvalue weighted by molar-refractivity contribution is 8.00. The van der Waals surface area contributed by atoms with Crippen molar-refractivity contribution >= 4 is 29.5 Å². The molecule has 0 fully saturated rings. The molecule has 0 aliphatic carbocycles. The molecule has 8 heteroatoms. The number of nitrogens with zero attached hydrogens (tertiary/aromatic N) is 3. The van der Waals surface area contributed by atoms with E-state index in [0.29, 0.717) is 31.2 Å². The summed E-state index contributed by atoms with van der Waals surface area (Å²) in [6.45, 7) is 16.7. The van der Waals surface area contributed by atoms with Gasteiger partial charge in [0.05, 0.1) is 11.3 Å². The number of thioether (sulfide) groups is 1. The van der Waals surface area contributed by atoms with E-state index in [4.69, 9.17) is 4.74 Å². The summed E-state index contributed by atoms with van der Waals surface area (Å²) in [4.78, 5) is 44.7. The summed E-state index contributed by atoms with van der Waals surface area (Å²) in [6.07, 6.45) is 1.55. The molecule has 0 spiro atoms. The standard InChI is InChI=1S/C22H31N3O4S/c1-7-24(12-16(3)4)19(26)14-29-22(28)18-10-9-11-23-21(18)30-15-20(27)25(8-2)13-17(5)6/h9-11H,3,5,7-8,12-15H2,1-2,4,6H3. The molecular formula is C22H31N3O4S. The number of likely N-dealkylation sites (N-methyl/N-ethyl adjacent to an activating group) is 2. The zero-order chi connectivity index (χ0) is 22.7. The van der Waals surface area contributed by atoms with Crippen molar-refractivity contribution in [1.29, 1.82) is 0 Å². The third-order valence-electron chi connectivity index (χ3n) is 4.04. The minimum absolute atomic E-state index is 0.0657. The molecule has 7 nitrogen and oxygen atoms in total. The fraction of sp³-hybridized carbons (Fsp3) is 0.455. The van der Waals surface area contributed by atoms with Gasteiger partial charge >= 0.3 is 5.97 Å². The van der Waals surface area contributed by atoms with Crippen molar-refractivity contribution in [2.24, 2.45) is 0 Å². The second kappa shape index (κ2) is 12.8. The molecule has 2 amide bonds. The summed E-state index contributed by atoms with van der Waals surface area (Å²) in [5, 5.41) is 0.393. The van der Waals surface area contributed by atoms with Gasteiger partial charge in [-0.15, -0.1) is 0 Å². The number of aromatic nitrogens is 1. The molecule has 0 aliphatic rings. The Morgan fingerprint density at radius 3 is 2.13 bits per heavy atom. The molecular weight excluding hydrogens is 402 g/mol. The molecule has 0 aromatic carbocycles. The molecule has 30 heavy (non-hydrogen) atoms. The van der Waals surface area contributed by atoms with Crippen LogP contribution in [0.15, 0.2) is 47.7 Å². The van der Waals surface area contributed by atoms with Crippen LogP contribution in [0.5, 0.6) is 0 Å². The Labute approximate surface area is 183 Å². The molecule has 0 saturated heterocycles. The van der Waals surface area contributed by atoms with Crippen molar-refractivity contribution in [2.45, 2.75) is 32.7 Å². The zero-order valence-corrected chi connectivity index (χ0v) is 19.1. The van der Waals surface area contributed by atoms with E-state index in [1.54, 1.807) is 28.1 Å². The summed E-state index contributed by atoms with van der Waals surface area (Å²) in [7, 11) is 0. The van der Waals surface area contributed by atoms with Crippen LogP contribution in [0.25, 0.3) is 0 Å². The molecule has 0 atom stereocenters. The van der Waals surface area contributed by atoms with Crippen LogP contribution < -0.4 is 0 Å². The van der Waals surface area contributed by atoms with Gasteiger partial charge in [-0.25, -0.2) is 9.78 Å². The molecule has 0 N–H and O–H groups in total. The largest absolute Gasteiger partial charge is 0.452 e. The predicted molar refractivity (Wildman–Crippen MR) is 119 cm³/mol. The minimum Gasteiger partial charge on any atom is -0.452 e. The number of hydrogen-bond acceptors (Lipinski definition) is 6. The fourth-order valence-electron chi connectivity index (χ4n) is 2.58. The maximum atomic E-state index is 12.5. The molecule has 164 valence electrons. The van der Waals surface area contributed by atoms with Gasteiger partial charge in [-0.05, 0) is 39.8 Å². The first-order valence-electron chi connectivity index (χ1n) is 9.78. The maximum absolute atomic E-state index is 12.5. The van der Waals surface area contributed by atoms with Crippen LogP contribution in [0.1, 0.15) is 38.1 Å². The van der Waals surface area contributed by atoms with Crippen molar-refractivity contribution in [2.75, 3.05) is 38.5 Å². The van der Waals surface area contributed by atoms with Crippen LogP contribution >= 0.6 is 11.8 Å². The lowest BCUT2D eigenvalue weighted by Gasteiger charge is -2.21. The molecule has 0 aliphatic heterocycles. The highest BCUT2D eigenvalue weighted by Gasteiger charge is 2.20. The highest BCUT2D eigenvalue weighted by atomic mass is 32.2. The Hall–Kier alpha value is -2.61. The van der Waals surface area contributed by atoms with Crippen LogP contribution in [-0.4, -0.2) is 71.1 Å². The second-order valence-electron chi connectivity index (χ2n) is 6.95. The van der Waals surface area contributed by atoms with Crippen LogP contribution in [0.4, 0.5) is 0 Å². The van der Waals surface area contributed by atoms with E-state index in [1.165, 1.54) is 11.8 Å². The number of rotatable bonds is 12. The van der Waals surface area contributed by atoms with E-state index in [0.717, 1.165) is 11.1 Å². The molecule has 1 aromatic rings. The number of carbonyl (C=O) groups excluding carboxylic acids is 3. The minimum atomic E-state index is -0.646. The molecule has 1 aromatic heterocycles. The van der Waals surface area contributed by atoms with Crippen molar-refractivity contribution in [3.63, 3.8) is 0 Å². The van der Waals surface area contributed by atoms with Crippen molar-refractivity contribution < 1.29 is 19.1 Å². The summed E-state index contributed by atoms with van der Waals surface area (Å²) in [5.41, 5.74) is 1.98. The van der Waals surface area contributed by atoms with E-state index in [2.05, 4.69) is 18.1 Å². The van der Waals surface area contributed by atoms with Gasteiger partial charge < -0.3 is 14.5 Å². The first-order valence-corrected chi connectivity index (χ1v) is 10.8. The molecule has 1 rings (SSSR count). The second-order valence-corrected chi connectivity index (χ2v) is 7.92. The summed E-state index contributed by atoms with van der Waals surface area (Å²) < 4.78 is 5.20. The van der Waals surface area contributed by atoms with Gasteiger partial charge in [0, 0.05) is 32.4 Å². The Morgan fingerprint density at radius 1 is 1.03 bits per heavy atom. The number of hydrogen-bond donors (Lipinski definition) is 0. The Morgan fingerprint density at radius 2 is 1.60 bits per heavy atom. The highest BCUT2D eigenvalue weighted by Crippen LogP contribution is 2.21. The van der Waals surface area contributed by atoms with Crippen LogP contribution in [0.2, 0.25) is 0 Å². The molecule has 1 heterocycles. The average Bonchev–Trinajstić information content (AvgIpc) is 2.71. The average molecular weight is 434 g/mol. The third-order valence-corrected chi connectivity index (χ3v) is 5.03. The number of amides is 2. The summed E-state index contributed by atoms with van der Waals surface area (Å²) >= 11 is 1.17. The summed E-state index contributed by atoms with van der Waals surface area (Å²) in [6, 6.07) is 3.19. The van der Waals surface area contributed by atoms with Gasteiger partial charge in [-0.3, -0.25) is 9.59 Å². The van der Waals surface area contributed by atoms with E-state index in [1.807, 2.05) is 27.7 Å². The summed E-state index contributed by atoms with van der Waals surface area (Å²) in [5.74, 6) is -0.865. The smallest absolute Gasteiger partial charge is 0.341 e. The van der Waals surface area contributed by atoms with Gasteiger partial charge in [0.1, 0.15) is 5.03 Å². The topological polar surface area (TPSA) is 79.8 Å². The van der Waals surface area contributed by atoms with E-state index >= 15 is 0 Å². The number of ether oxygens (including phenoxy) is 1. The number of carbonyl (C=O) groups is 3. The van der Waals surface area contributed by atoms with Crippen LogP contribution in [-0.2, 0) is 14.3 Å². The fourth-order valence-corrected chi connectivity index (χ4v) is 3.47. The van der Waals surface area contributed by atoms with Gasteiger partial charge in [0.25, 0.3) is 5.91 Å². The number of pyridine rings is 1. The molecule has 0 saturated carbocycles.